The highest BCUT2D eigenvalue weighted by atomic mass is 35.5. The molecular formula is C20H25Cl2N4O5-. The molecule has 1 N–H and O–H groups in total. The topological polar surface area (TPSA) is 110 Å². The number of hydroxylamine groups is 3. The average molecular weight is 472 g/mol. The van der Waals surface area contributed by atoms with Gasteiger partial charge in [-0.1, -0.05) is 12.1 Å². The Bertz CT molecular complexity index is 1070. The Kier molecular flexibility index (Phi) is 9.07. The molecule has 0 aliphatic rings. The van der Waals surface area contributed by atoms with Crippen molar-refractivity contribution in [1.82, 2.24) is 4.98 Å². The second-order valence-corrected chi connectivity index (χ2v) is 7.19. The third kappa shape index (κ3) is 5.56. The molecule has 0 bridgehead atoms. The number of nitro groups is 1. The first-order valence-corrected chi connectivity index (χ1v) is 9.16. The van der Waals surface area contributed by atoms with Gasteiger partial charge >= 0.3 is 0 Å². The lowest BCUT2D eigenvalue weighted by molar-refractivity contribution is -0.839. The number of nitrogens with zero attached hydrogens (tertiary/aromatic N) is 3. The van der Waals surface area contributed by atoms with Crippen molar-refractivity contribution in [2.24, 2.45) is 0 Å². The fourth-order valence-electron chi connectivity index (χ4n) is 3.34. The lowest BCUT2D eigenvalue weighted by Gasteiger charge is -2.33. The van der Waals surface area contributed by atoms with Crippen LogP contribution in [0.3, 0.4) is 0 Å². The number of quaternary nitrogens is 1. The summed E-state index contributed by atoms with van der Waals surface area (Å²) < 4.78 is 10.5. The predicted molar refractivity (Wildman–Crippen MR) is 120 cm³/mol. The Morgan fingerprint density at radius 1 is 1.10 bits per heavy atom. The molecule has 170 valence electrons. The van der Waals surface area contributed by atoms with Gasteiger partial charge in [-0.2, -0.15) is 0 Å². The molecular weight excluding hydrogens is 447 g/mol. The van der Waals surface area contributed by atoms with Crippen LogP contribution in [-0.2, 0) is 0 Å². The summed E-state index contributed by atoms with van der Waals surface area (Å²) >= 11 is 0. The maximum absolute atomic E-state index is 11.8. The molecule has 0 aliphatic heterocycles. The molecule has 2 aromatic carbocycles. The number of nitro benzene ring substituents is 1. The van der Waals surface area contributed by atoms with Gasteiger partial charge in [0.05, 0.1) is 45.5 Å². The molecule has 0 radical (unpaired) electrons. The zero-order chi connectivity index (χ0) is 21.2. The molecule has 0 unspecified atom stereocenters. The standard InChI is InChI=1S/C20H24N4O5.2ClH/c1-24(2,27)12-6-11-21-19-13-7-5-8-15(28-3)18(13)22-20-16(29-4)10-9-14(17(19)20)23(25)26;;/h5,7-10H,6,11-12H2,1-4H3,(H,21,22);2*1H/p-1. The molecule has 3 rings (SSSR count). The van der Waals surface area contributed by atoms with Gasteiger partial charge in [-0.25, -0.2) is 4.98 Å². The molecule has 9 nitrogen and oxygen atoms in total. The SMILES string of the molecule is COc1cccc2c(NCCC[N+](C)(C)[O-])c3c([N+](=O)[O-])ccc(OC)c3nc12.Cl.[Cl-]. The molecule has 31 heavy (non-hydrogen) atoms. The molecule has 0 saturated heterocycles. The number of anilines is 1. The summed E-state index contributed by atoms with van der Waals surface area (Å²) in [5, 5.41) is 27.9. The van der Waals surface area contributed by atoms with Crippen LogP contribution in [0, 0.1) is 15.3 Å². The van der Waals surface area contributed by atoms with Gasteiger partial charge in [-0.15, -0.1) is 12.4 Å². The minimum atomic E-state index is -0.432. The molecule has 0 fully saturated rings. The van der Waals surface area contributed by atoms with Crippen molar-refractivity contribution in [3.63, 3.8) is 0 Å². The second-order valence-electron chi connectivity index (χ2n) is 7.19. The van der Waals surface area contributed by atoms with E-state index in [1.165, 1.54) is 19.2 Å². The van der Waals surface area contributed by atoms with Crippen molar-refractivity contribution >= 4 is 45.6 Å². The summed E-state index contributed by atoms with van der Waals surface area (Å²) in [5.74, 6) is 0.984. The fourth-order valence-corrected chi connectivity index (χ4v) is 3.34. The van der Waals surface area contributed by atoms with Crippen LogP contribution in [0.2, 0.25) is 0 Å². The van der Waals surface area contributed by atoms with E-state index in [2.05, 4.69) is 10.3 Å². The number of methoxy groups -OCH3 is 2. The van der Waals surface area contributed by atoms with Gasteiger partial charge in [0, 0.05) is 24.4 Å². The minimum Gasteiger partial charge on any atom is -1.00 e. The minimum absolute atomic E-state index is 0. The van der Waals surface area contributed by atoms with E-state index in [9.17, 15) is 15.3 Å². The van der Waals surface area contributed by atoms with E-state index in [-0.39, 0.29) is 30.5 Å². The lowest BCUT2D eigenvalue weighted by atomic mass is 10.0. The number of benzene rings is 2. The number of para-hydroxylation sites is 1. The quantitative estimate of drug-likeness (QED) is 0.172. The fraction of sp³-hybridized carbons (Fsp3) is 0.350. The Hall–Kier alpha value is -2.59. The number of aromatic nitrogens is 1. The van der Waals surface area contributed by atoms with E-state index in [4.69, 9.17) is 9.47 Å². The smallest absolute Gasteiger partial charge is 0.281 e. The maximum Gasteiger partial charge on any atom is 0.281 e. The summed E-state index contributed by atoms with van der Waals surface area (Å²) in [4.78, 5) is 15.9. The predicted octanol–water partition coefficient (Wildman–Crippen LogP) is 1.12. The van der Waals surface area contributed by atoms with E-state index in [1.54, 1.807) is 27.3 Å². The van der Waals surface area contributed by atoms with E-state index in [1.807, 2.05) is 12.1 Å². The summed E-state index contributed by atoms with van der Waals surface area (Å²) in [5.41, 5.74) is 1.45. The van der Waals surface area contributed by atoms with Crippen molar-refractivity contribution in [2.45, 2.75) is 6.42 Å². The van der Waals surface area contributed by atoms with Crippen LogP contribution in [0.5, 0.6) is 11.5 Å². The number of hydrogen-bond acceptors (Lipinski definition) is 7. The Morgan fingerprint density at radius 2 is 1.74 bits per heavy atom. The molecule has 0 amide bonds. The Morgan fingerprint density at radius 3 is 2.32 bits per heavy atom. The number of fused-ring (bicyclic) bond motifs is 2. The number of non-ortho nitro benzene ring substituents is 1. The molecule has 0 saturated carbocycles. The number of pyridine rings is 1. The molecule has 3 aromatic rings. The van der Waals surface area contributed by atoms with E-state index >= 15 is 0 Å². The highest BCUT2D eigenvalue weighted by Gasteiger charge is 2.23. The summed E-state index contributed by atoms with van der Waals surface area (Å²) in [6.45, 7) is 0.895. The van der Waals surface area contributed by atoms with Gasteiger partial charge in [0.2, 0.25) is 0 Å². The van der Waals surface area contributed by atoms with Crippen LogP contribution in [-0.4, -0.2) is 56.0 Å². The van der Waals surface area contributed by atoms with Gasteiger partial charge in [0.1, 0.15) is 27.9 Å². The number of rotatable bonds is 8. The maximum atomic E-state index is 11.8. The van der Waals surface area contributed by atoms with Gasteiger partial charge in [-0.3, -0.25) is 10.1 Å². The normalized spacial score (nSPS) is 10.9. The van der Waals surface area contributed by atoms with Crippen molar-refractivity contribution in [3.05, 3.63) is 45.7 Å². The zero-order valence-electron chi connectivity index (χ0n) is 17.7. The Balaban J connectivity index is 0.00000240. The molecule has 1 aromatic heterocycles. The van der Waals surface area contributed by atoms with Gasteiger partial charge < -0.3 is 37.1 Å². The Labute approximate surface area is 192 Å². The van der Waals surface area contributed by atoms with Crippen molar-refractivity contribution in [1.29, 1.82) is 0 Å². The van der Waals surface area contributed by atoms with Crippen LogP contribution in [0.1, 0.15) is 6.42 Å². The number of nitrogens with one attached hydrogen (secondary N) is 1. The van der Waals surface area contributed by atoms with Crippen molar-refractivity contribution < 1.29 is 31.5 Å². The molecule has 11 heteroatoms. The summed E-state index contributed by atoms with van der Waals surface area (Å²) in [6.07, 6.45) is 0.601. The van der Waals surface area contributed by atoms with Gasteiger partial charge in [-0.05, 0) is 12.1 Å². The van der Waals surface area contributed by atoms with Crippen LogP contribution in [0.4, 0.5) is 11.4 Å². The van der Waals surface area contributed by atoms with Gasteiger partial charge in [0.15, 0.2) is 0 Å². The number of hydrogen-bond donors (Lipinski definition) is 1. The first-order chi connectivity index (χ1) is 13.8. The monoisotopic (exact) mass is 471 g/mol. The summed E-state index contributed by atoms with van der Waals surface area (Å²) in [7, 11) is 6.21. The van der Waals surface area contributed by atoms with Crippen LogP contribution >= 0.6 is 12.4 Å². The van der Waals surface area contributed by atoms with Crippen molar-refractivity contribution in [2.75, 3.05) is 46.7 Å². The average Bonchev–Trinajstić information content (AvgIpc) is 2.68. The molecule has 0 aliphatic carbocycles. The van der Waals surface area contributed by atoms with Crippen LogP contribution < -0.4 is 27.2 Å². The summed E-state index contributed by atoms with van der Waals surface area (Å²) in [6, 6.07) is 8.38. The third-order valence-corrected chi connectivity index (χ3v) is 4.67. The first-order valence-electron chi connectivity index (χ1n) is 9.16. The number of halogens is 2. The first kappa shape index (κ1) is 26.4. The largest absolute Gasteiger partial charge is 1.00 e. The lowest BCUT2D eigenvalue weighted by Crippen LogP contribution is -3.00. The third-order valence-electron chi connectivity index (χ3n) is 4.67. The van der Waals surface area contributed by atoms with E-state index < -0.39 is 9.57 Å². The molecule has 0 spiro atoms. The zero-order valence-corrected chi connectivity index (χ0v) is 19.2. The van der Waals surface area contributed by atoms with Crippen molar-refractivity contribution in [3.8, 4) is 11.5 Å². The second kappa shape index (κ2) is 10.6. The van der Waals surface area contributed by atoms with E-state index in [0.717, 1.165) is 0 Å². The van der Waals surface area contributed by atoms with E-state index in [0.29, 0.717) is 58.5 Å². The number of ether oxygens (including phenoxy) is 2. The van der Waals surface area contributed by atoms with Crippen LogP contribution in [0.15, 0.2) is 30.3 Å². The highest BCUT2D eigenvalue weighted by molar-refractivity contribution is 6.13. The highest BCUT2D eigenvalue weighted by Crippen LogP contribution is 2.42. The van der Waals surface area contributed by atoms with Crippen LogP contribution in [0.25, 0.3) is 21.8 Å². The molecule has 1 heterocycles. The van der Waals surface area contributed by atoms with Gasteiger partial charge in [0.25, 0.3) is 5.69 Å². The molecule has 0 atom stereocenters.